The first-order valence-electron chi connectivity index (χ1n) is 6.75. The van der Waals surface area contributed by atoms with Crippen molar-refractivity contribution in [3.05, 3.63) is 29.8 Å². The molecule has 0 bridgehead atoms. The van der Waals surface area contributed by atoms with Gasteiger partial charge in [0.25, 0.3) is 6.43 Å². The van der Waals surface area contributed by atoms with Crippen molar-refractivity contribution in [2.45, 2.75) is 19.1 Å². The summed E-state index contributed by atoms with van der Waals surface area (Å²) in [5.41, 5.74) is 2.15. The molecule has 0 aromatic heterocycles. The van der Waals surface area contributed by atoms with Crippen LogP contribution in [0.4, 0.5) is 14.5 Å². The number of hydrogen-bond donors (Lipinski definition) is 2. The molecule has 2 N–H and O–H groups in total. The number of hydrogen-bond acceptors (Lipinski definition) is 4. The van der Waals surface area contributed by atoms with Crippen LogP contribution in [-0.2, 0) is 11.3 Å². The molecule has 1 heterocycles. The molecule has 0 aliphatic carbocycles. The van der Waals surface area contributed by atoms with Crippen molar-refractivity contribution in [2.75, 3.05) is 37.7 Å². The van der Waals surface area contributed by atoms with Gasteiger partial charge in [-0.25, -0.2) is 8.78 Å². The topological polar surface area (TPSA) is 44.7 Å². The summed E-state index contributed by atoms with van der Waals surface area (Å²) >= 11 is 0. The Labute approximate surface area is 117 Å². The Bertz CT molecular complexity index is 395. The van der Waals surface area contributed by atoms with Crippen molar-refractivity contribution >= 4 is 5.69 Å². The molecule has 1 unspecified atom stereocenters. The highest BCUT2D eigenvalue weighted by atomic mass is 19.3. The lowest BCUT2D eigenvalue weighted by Crippen LogP contribution is -2.36. The fourth-order valence-electron chi connectivity index (χ4n) is 2.10. The second-order valence-electron chi connectivity index (χ2n) is 4.80. The zero-order chi connectivity index (χ0) is 14.4. The Hall–Kier alpha value is -1.24. The molecule has 1 fully saturated rings. The number of nitrogens with one attached hydrogen (secondary N) is 1. The molecule has 1 aromatic rings. The number of halogens is 2. The van der Waals surface area contributed by atoms with Gasteiger partial charge in [0.15, 0.2) is 0 Å². The van der Waals surface area contributed by atoms with Crippen molar-refractivity contribution in [1.82, 2.24) is 5.32 Å². The van der Waals surface area contributed by atoms with Crippen LogP contribution in [0.2, 0.25) is 0 Å². The minimum atomic E-state index is -2.70. The van der Waals surface area contributed by atoms with Crippen molar-refractivity contribution in [3.8, 4) is 0 Å². The Morgan fingerprint density at radius 3 is 2.45 bits per heavy atom. The lowest BCUT2D eigenvalue weighted by molar-refractivity contribution is -0.00340. The van der Waals surface area contributed by atoms with Crippen LogP contribution < -0.4 is 10.2 Å². The van der Waals surface area contributed by atoms with E-state index in [0.717, 1.165) is 37.6 Å². The molecule has 1 saturated heterocycles. The second kappa shape index (κ2) is 7.52. The van der Waals surface area contributed by atoms with E-state index in [1.165, 1.54) is 0 Å². The van der Waals surface area contributed by atoms with E-state index in [4.69, 9.17) is 9.84 Å². The van der Waals surface area contributed by atoms with E-state index in [-0.39, 0.29) is 6.54 Å². The first-order chi connectivity index (χ1) is 9.66. The average Bonchev–Trinajstić information content (AvgIpc) is 2.48. The number of anilines is 1. The Morgan fingerprint density at radius 1 is 1.20 bits per heavy atom. The van der Waals surface area contributed by atoms with Gasteiger partial charge in [-0.15, -0.1) is 0 Å². The highest BCUT2D eigenvalue weighted by molar-refractivity contribution is 5.47. The van der Waals surface area contributed by atoms with E-state index in [0.29, 0.717) is 6.54 Å². The van der Waals surface area contributed by atoms with E-state index < -0.39 is 12.5 Å². The van der Waals surface area contributed by atoms with Gasteiger partial charge in [-0.05, 0) is 17.7 Å². The van der Waals surface area contributed by atoms with Crippen LogP contribution in [0.15, 0.2) is 24.3 Å². The maximum atomic E-state index is 12.1. The summed E-state index contributed by atoms with van der Waals surface area (Å²) in [6.45, 7) is 3.62. The fourth-order valence-corrected chi connectivity index (χ4v) is 2.10. The average molecular weight is 286 g/mol. The van der Waals surface area contributed by atoms with E-state index in [1.54, 1.807) is 0 Å². The molecule has 1 aromatic carbocycles. The van der Waals surface area contributed by atoms with Crippen LogP contribution in [0.5, 0.6) is 0 Å². The maximum absolute atomic E-state index is 12.1. The molecule has 0 spiro atoms. The first kappa shape index (κ1) is 15.2. The van der Waals surface area contributed by atoms with E-state index in [1.807, 2.05) is 24.3 Å². The highest BCUT2D eigenvalue weighted by Gasteiger charge is 2.15. The molecule has 0 saturated carbocycles. The van der Waals surface area contributed by atoms with E-state index >= 15 is 0 Å². The largest absolute Gasteiger partial charge is 0.386 e. The third-order valence-electron chi connectivity index (χ3n) is 3.29. The number of aliphatic hydroxyl groups is 1. The molecule has 0 amide bonds. The number of alkyl halides is 2. The molecule has 0 radical (unpaired) electrons. The van der Waals surface area contributed by atoms with Crippen LogP contribution in [0.1, 0.15) is 5.56 Å². The first-order valence-corrected chi connectivity index (χ1v) is 6.75. The van der Waals surface area contributed by atoms with Crippen LogP contribution >= 0.6 is 0 Å². The number of rotatable bonds is 6. The summed E-state index contributed by atoms with van der Waals surface area (Å²) in [6, 6.07) is 7.97. The van der Waals surface area contributed by atoms with Gasteiger partial charge >= 0.3 is 0 Å². The third-order valence-corrected chi connectivity index (χ3v) is 3.29. The second-order valence-corrected chi connectivity index (χ2v) is 4.80. The molecule has 4 nitrogen and oxygen atoms in total. The number of aliphatic hydroxyl groups excluding tert-OH is 1. The predicted molar refractivity (Wildman–Crippen MR) is 73.2 cm³/mol. The molecule has 20 heavy (non-hydrogen) atoms. The van der Waals surface area contributed by atoms with Crippen LogP contribution in [-0.4, -0.2) is 50.5 Å². The van der Waals surface area contributed by atoms with Crippen LogP contribution in [0, 0.1) is 0 Å². The molecule has 1 aliphatic rings. The number of nitrogens with zero attached hydrogens (tertiary/aromatic N) is 1. The molecule has 2 rings (SSSR count). The van der Waals surface area contributed by atoms with Crippen molar-refractivity contribution < 1.29 is 18.6 Å². The van der Waals surface area contributed by atoms with Gasteiger partial charge in [-0.1, -0.05) is 12.1 Å². The maximum Gasteiger partial charge on any atom is 0.265 e. The molecular formula is C14H20F2N2O2. The Balaban J connectivity index is 1.79. The smallest absolute Gasteiger partial charge is 0.265 e. The zero-order valence-electron chi connectivity index (χ0n) is 11.3. The monoisotopic (exact) mass is 286 g/mol. The summed E-state index contributed by atoms with van der Waals surface area (Å²) in [6.07, 6.45) is -4.31. The molecule has 6 heteroatoms. The third kappa shape index (κ3) is 4.40. The van der Waals surface area contributed by atoms with Crippen molar-refractivity contribution in [2.24, 2.45) is 0 Å². The molecular weight excluding hydrogens is 266 g/mol. The van der Waals surface area contributed by atoms with Gasteiger partial charge in [-0.2, -0.15) is 0 Å². The normalized spacial score (nSPS) is 17.5. The summed E-state index contributed by atoms with van der Waals surface area (Å²) in [5, 5.41) is 11.8. The summed E-state index contributed by atoms with van der Waals surface area (Å²) < 4.78 is 29.5. The van der Waals surface area contributed by atoms with Gasteiger partial charge in [0, 0.05) is 31.9 Å². The molecule has 112 valence electrons. The summed E-state index contributed by atoms with van der Waals surface area (Å²) in [4.78, 5) is 2.25. The predicted octanol–water partition coefficient (Wildman–Crippen LogP) is 1.24. The van der Waals surface area contributed by atoms with Gasteiger partial charge < -0.3 is 20.1 Å². The zero-order valence-corrected chi connectivity index (χ0v) is 11.3. The minimum absolute atomic E-state index is 0.108. The standard InChI is InChI=1S/C14H20F2N2O2/c15-14(16)13(19)10-17-9-11-1-3-12(4-2-11)18-5-7-20-8-6-18/h1-4,13-14,17,19H,5-10H2. The number of ether oxygens (including phenoxy) is 1. The minimum Gasteiger partial charge on any atom is -0.386 e. The number of morpholine rings is 1. The van der Waals surface area contributed by atoms with E-state index in [2.05, 4.69) is 10.2 Å². The Morgan fingerprint density at radius 2 is 1.85 bits per heavy atom. The van der Waals surface area contributed by atoms with Gasteiger partial charge in [0.1, 0.15) is 6.10 Å². The summed E-state index contributed by atoms with van der Waals surface area (Å²) in [7, 11) is 0. The number of benzene rings is 1. The fraction of sp³-hybridized carbons (Fsp3) is 0.571. The highest BCUT2D eigenvalue weighted by Crippen LogP contribution is 2.16. The molecule has 1 atom stereocenters. The lowest BCUT2D eigenvalue weighted by atomic mass is 10.2. The molecule has 1 aliphatic heterocycles. The quantitative estimate of drug-likeness (QED) is 0.826. The van der Waals surface area contributed by atoms with Gasteiger partial charge in [-0.3, -0.25) is 0 Å². The van der Waals surface area contributed by atoms with E-state index in [9.17, 15) is 8.78 Å². The van der Waals surface area contributed by atoms with Crippen molar-refractivity contribution in [3.63, 3.8) is 0 Å². The lowest BCUT2D eigenvalue weighted by Gasteiger charge is -2.28. The van der Waals surface area contributed by atoms with Gasteiger partial charge in [0.2, 0.25) is 0 Å². The summed E-state index contributed by atoms with van der Waals surface area (Å²) in [5.74, 6) is 0. The van der Waals surface area contributed by atoms with Gasteiger partial charge in [0.05, 0.1) is 13.2 Å². The SMILES string of the molecule is OC(CNCc1ccc(N2CCOCC2)cc1)C(F)F. The Kier molecular flexibility index (Phi) is 5.70. The van der Waals surface area contributed by atoms with Crippen molar-refractivity contribution in [1.29, 1.82) is 0 Å². The van der Waals surface area contributed by atoms with Crippen LogP contribution in [0.3, 0.4) is 0 Å². The van der Waals surface area contributed by atoms with Crippen LogP contribution in [0.25, 0.3) is 0 Å².